The van der Waals surface area contributed by atoms with Crippen molar-refractivity contribution in [2.24, 2.45) is 4.99 Å². The van der Waals surface area contributed by atoms with Gasteiger partial charge in [-0.05, 0) is 73.6 Å². The van der Waals surface area contributed by atoms with Crippen molar-refractivity contribution in [3.63, 3.8) is 0 Å². The minimum absolute atomic E-state index is 0.127. The van der Waals surface area contributed by atoms with Gasteiger partial charge in [0.15, 0.2) is 16.7 Å². The normalized spacial score (nSPS) is 15.1. The highest BCUT2D eigenvalue weighted by atomic mass is 32.2. The molecular formula is C29H25N3O5S. The number of ether oxygens (including phenoxy) is 2. The summed E-state index contributed by atoms with van der Waals surface area (Å²) >= 11 is 1.23. The van der Waals surface area contributed by atoms with Gasteiger partial charge in [-0.25, -0.2) is 9.79 Å². The Bertz CT molecular complexity index is 1480. The number of carboxylic acid groups (broad SMARTS) is 1. The number of hydrogen-bond donors (Lipinski definition) is 1. The summed E-state index contributed by atoms with van der Waals surface area (Å²) in [6.45, 7) is 4.79. The number of likely N-dealkylation sites (N-methyl/N-ethyl adjacent to an activating group) is 1. The average Bonchev–Trinajstić information content (AvgIpc) is 3.21. The van der Waals surface area contributed by atoms with E-state index in [0.717, 1.165) is 11.1 Å². The van der Waals surface area contributed by atoms with Crippen molar-refractivity contribution < 1.29 is 24.2 Å². The Morgan fingerprint density at radius 2 is 1.89 bits per heavy atom. The monoisotopic (exact) mass is 527 g/mol. The molecule has 0 radical (unpaired) electrons. The lowest BCUT2D eigenvalue weighted by molar-refractivity contribution is -0.122. The van der Waals surface area contributed by atoms with Crippen LogP contribution in [0.2, 0.25) is 0 Å². The molecule has 38 heavy (non-hydrogen) atoms. The van der Waals surface area contributed by atoms with Crippen LogP contribution in [0.5, 0.6) is 11.5 Å². The number of amidine groups is 1. The molecule has 1 N–H and O–H groups in total. The Morgan fingerprint density at radius 1 is 1.08 bits per heavy atom. The van der Waals surface area contributed by atoms with Gasteiger partial charge in [-0.2, -0.15) is 5.26 Å². The minimum Gasteiger partial charge on any atom is -0.490 e. The molecule has 8 nitrogen and oxygen atoms in total. The van der Waals surface area contributed by atoms with Crippen LogP contribution in [0.3, 0.4) is 0 Å². The zero-order valence-electron chi connectivity index (χ0n) is 20.9. The van der Waals surface area contributed by atoms with E-state index in [1.54, 1.807) is 47.4 Å². The first-order valence-corrected chi connectivity index (χ1v) is 12.8. The van der Waals surface area contributed by atoms with E-state index in [4.69, 9.17) is 9.47 Å². The molecular weight excluding hydrogens is 502 g/mol. The van der Waals surface area contributed by atoms with Crippen LogP contribution in [-0.4, -0.2) is 40.2 Å². The Morgan fingerprint density at radius 3 is 2.63 bits per heavy atom. The summed E-state index contributed by atoms with van der Waals surface area (Å²) < 4.78 is 11.8. The molecule has 0 bridgehead atoms. The van der Waals surface area contributed by atoms with E-state index in [0.29, 0.717) is 46.0 Å². The lowest BCUT2D eigenvalue weighted by Gasteiger charge is -2.13. The lowest BCUT2D eigenvalue weighted by atomic mass is 10.1. The highest BCUT2D eigenvalue weighted by Crippen LogP contribution is 2.36. The number of benzene rings is 3. The second kappa shape index (κ2) is 12.1. The van der Waals surface area contributed by atoms with E-state index in [9.17, 15) is 20.0 Å². The van der Waals surface area contributed by atoms with Gasteiger partial charge in [0.25, 0.3) is 5.91 Å². The zero-order chi connectivity index (χ0) is 27.1. The number of thioether (sulfide) groups is 1. The summed E-state index contributed by atoms with van der Waals surface area (Å²) in [5.41, 5.74) is 2.66. The first kappa shape index (κ1) is 26.5. The maximum atomic E-state index is 13.1. The molecule has 0 spiro atoms. The molecule has 0 atom stereocenters. The molecule has 192 valence electrons. The number of aliphatic imine (C=N–C) groups is 1. The fourth-order valence-corrected chi connectivity index (χ4v) is 4.82. The van der Waals surface area contributed by atoms with Gasteiger partial charge in [-0.3, -0.25) is 9.69 Å². The third-order valence-corrected chi connectivity index (χ3v) is 6.62. The van der Waals surface area contributed by atoms with Crippen LogP contribution in [0.15, 0.2) is 76.6 Å². The van der Waals surface area contributed by atoms with Crippen molar-refractivity contribution in [2.45, 2.75) is 20.5 Å². The Labute approximate surface area is 224 Å². The van der Waals surface area contributed by atoms with Crippen LogP contribution in [-0.2, 0) is 11.4 Å². The third-order valence-electron chi connectivity index (χ3n) is 5.61. The van der Waals surface area contributed by atoms with E-state index >= 15 is 0 Å². The standard InChI is InChI=1S/C29H25N3O5S/c1-3-32-27(33)26(38-29(32)31-23-11-7-10-20(16-23)28(34)35)15-19-12-13-24(25(14-19)36-4-2)37-18-22-9-6-5-8-21(22)17-30/h5-16H,3-4,18H2,1-2H3,(H,34,35)/b26-15-,31-29?. The van der Waals surface area contributed by atoms with Crippen molar-refractivity contribution >= 4 is 40.6 Å². The van der Waals surface area contributed by atoms with Crippen LogP contribution in [0.4, 0.5) is 5.69 Å². The van der Waals surface area contributed by atoms with Crippen LogP contribution in [0, 0.1) is 11.3 Å². The molecule has 0 unspecified atom stereocenters. The summed E-state index contributed by atoms with van der Waals surface area (Å²) in [5, 5.41) is 19.0. The molecule has 9 heteroatoms. The Hall–Kier alpha value is -4.55. The number of carbonyl (C=O) groups is 2. The van der Waals surface area contributed by atoms with Crippen LogP contribution < -0.4 is 9.47 Å². The van der Waals surface area contributed by atoms with E-state index in [1.807, 2.05) is 32.0 Å². The average molecular weight is 528 g/mol. The van der Waals surface area contributed by atoms with Gasteiger partial charge < -0.3 is 14.6 Å². The molecule has 1 saturated heterocycles. The van der Waals surface area contributed by atoms with E-state index < -0.39 is 5.97 Å². The van der Waals surface area contributed by atoms with E-state index in [-0.39, 0.29) is 18.1 Å². The smallest absolute Gasteiger partial charge is 0.335 e. The predicted octanol–water partition coefficient (Wildman–Crippen LogP) is 5.86. The molecule has 0 aliphatic carbocycles. The van der Waals surface area contributed by atoms with Crippen molar-refractivity contribution in [1.29, 1.82) is 5.26 Å². The van der Waals surface area contributed by atoms with Crippen molar-refractivity contribution in [2.75, 3.05) is 13.2 Å². The first-order chi connectivity index (χ1) is 18.4. The molecule has 4 rings (SSSR count). The third kappa shape index (κ3) is 6.05. The molecule has 1 fully saturated rings. The molecule has 0 saturated carbocycles. The van der Waals surface area contributed by atoms with Gasteiger partial charge in [-0.15, -0.1) is 0 Å². The summed E-state index contributed by atoms with van der Waals surface area (Å²) in [6, 6.07) is 21.1. The molecule has 3 aromatic rings. The van der Waals surface area contributed by atoms with Gasteiger partial charge in [0, 0.05) is 12.1 Å². The summed E-state index contributed by atoms with van der Waals surface area (Å²) in [5.74, 6) is -0.166. The molecule has 1 heterocycles. The second-order valence-corrected chi connectivity index (χ2v) is 9.12. The van der Waals surface area contributed by atoms with Gasteiger partial charge in [0.2, 0.25) is 0 Å². The molecule has 1 aliphatic heterocycles. The second-order valence-electron chi connectivity index (χ2n) is 8.11. The van der Waals surface area contributed by atoms with Gasteiger partial charge >= 0.3 is 5.97 Å². The maximum Gasteiger partial charge on any atom is 0.335 e. The Kier molecular flexibility index (Phi) is 8.46. The number of carbonyl (C=O) groups excluding carboxylic acids is 1. The van der Waals surface area contributed by atoms with Gasteiger partial charge in [0.1, 0.15) is 6.61 Å². The fraction of sp³-hybridized carbons (Fsp3) is 0.172. The van der Waals surface area contributed by atoms with Crippen LogP contribution in [0.25, 0.3) is 6.08 Å². The van der Waals surface area contributed by atoms with Crippen molar-refractivity contribution in [3.8, 4) is 17.6 Å². The first-order valence-electron chi connectivity index (χ1n) is 11.9. The predicted molar refractivity (Wildman–Crippen MR) is 147 cm³/mol. The molecule has 3 aromatic carbocycles. The fourth-order valence-electron chi connectivity index (χ4n) is 3.75. The number of nitrogens with zero attached hydrogens (tertiary/aromatic N) is 3. The maximum absolute atomic E-state index is 13.1. The van der Waals surface area contributed by atoms with E-state index in [2.05, 4.69) is 11.1 Å². The van der Waals surface area contributed by atoms with Gasteiger partial charge in [0.05, 0.1) is 34.4 Å². The zero-order valence-corrected chi connectivity index (χ0v) is 21.7. The van der Waals surface area contributed by atoms with Crippen molar-refractivity contribution in [1.82, 2.24) is 4.90 Å². The SMILES string of the molecule is CCOc1cc(/C=C2\SC(=Nc3cccc(C(=O)O)c3)N(CC)C2=O)ccc1OCc1ccccc1C#N. The molecule has 1 aliphatic rings. The number of nitriles is 1. The number of aromatic carboxylic acids is 1. The van der Waals surface area contributed by atoms with E-state index in [1.165, 1.54) is 23.9 Å². The highest BCUT2D eigenvalue weighted by molar-refractivity contribution is 8.18. The largest absolute Gasteiger partial charge is 0.490 e. The Balaban J connectivity index is 1.58. The van der Waals surface area contributed by atoms with Crippen molar-refractivity contribution in [3.05, 3.63) is 93.9 Å². The van der Waals surface area contributed by atoms with Gasteiger partial charge in [-0.1, -0.05) is 30.3 Å². The van der Waals surface area contributed by atoms with Crippen LogP contribution >= 0.6 is 11.8 Å². The topological polar surface area (TPSA) is 112 Å². The number of hydrogen-bond acceptors (Lipinski definition) is 7. The number of amides is 1. The minimum atomic E-state index is -1.04. The number of rotatable bonds is 9. The summed E-state index contributed by atoms with van der Waals surface area (Å²) in [7, 11) is 0. The highest BCUT2D eigenvalue weighted by Gasteiger charge is 2.32. The van der Waals surface area contributed by atoms with Crippen LogP contribution in [0.1, 0.15) is 40.9 Å². The molecule has 1 amide bonds. The number of carboxylic acids is 1. The summed E-state index contributed by atoms with van der Waals surface area (Å²) in [4.78, 5) is 31.0. The lowest BCUT2D eigenvalue weighted by Crippen LogP contribution is -2.28. The molecule has 0 aromatic heterocycles. The summed E-state index contributed by atoms with van der Waals surface area (Å²) in [6.07, 6.45) is 1.77. The quantitative estimate of drug-likeness (QED) is 0.347.